The minimum atomic E-state index is -0.108. The van der Waals surface area contributed by atoms with Crippen molar-refractivity contribution < 1.29 is 14.3 Å². The summed E-state index contributed by atoms with van der Waals surface area (Å²) in [5.41, 5.74) is 1.92. The van der Waals surface area contributed by atoms with Crippen LogP contribution in [0.1, 0.15) is 30.5 Å². The highest BCUT2D eigenvalue weighted by Crippen LogP contribution is 2.14. The van der Waals surface area contributed by atoms with Crippen molar-refractivity contribution in [3.63, 3.8) is 0 Å². The van der Waals surface area contributed by atoms with Crippen LogP contribution in [0.15, 0.2) is 48.7 Å². The van der Waals surface area contributed by atoms with Gasteiger partial charge in [0.2, 0.25) is 0 Å². The Morgan fingerprint density at radius 1 is 1.17 bits per heavy atom. The quantitative estimate of drug-likeness (QED) is 0.587. The third kappa shape index (κ3) is 7.65. The van der Waals surface area contributed by atoms with E-state index in [1.165, 1.54) is 0 Å². The molecule has 7 heteroatoms. The van der Waals surface area contributed by atoms with E-state index in [-0.39, 0.29) is 12.1 Å². The first-order valence-electron chi connectivity index (χ1n) is 10.6. The Morgan fingerprint density at radius 3 is 2.67 bits per heavy atom. The second kappa shape index (κ2) is 12.1. The zero-order valence-corrected chi connectivity index (χ0v) is 17.7. The van der Waals surface area contributed by atoms with Gasteiger partial charge in [-0.05, 0) is 49.1 Å². The molecular formula is C23H32N4O3. The number of hydrogen-bond acceptors (Lipinski definition) is 5. The number of ether oxygens (including phenoxy) is 2. The van der Waals surface area contributed by atoms with Gasteiger partial charge in [-0.2, -0.15) is 0 Å². The number of rotatable bonds is 10. The molecule has 7 nitrogen and oxygen atoms in total. The van der Waals surface area contributed by atoms with Gasteiger partial charge in [0.05, 0.1) is 5.69 Å². The van der Waals surface area contributed by atoms with Gasteiger partial charge in [-0.25, -0.2) is 4.79 Å². The van der Waals surface area contributed by atoms with Gasteiger partial charge in [-0.15, -0.1) is 0 Å². The van der Waals surface area contributed by atoms with Crippen molar-refractivity contribution >= 4 is 6.03 Å². The van der Waals surface area contributed by atoms with E-state index >= 15 is 0 Å². The van der Waals surface area contributed by atoms with Crippen molar-refractivity contribution in [3.8, 4) is 5.75 Å². The second-order valence-electron chi connectivity index (χ2n) is 7.54. The maximum absolute atomic E-state index is 12.2. The molecule has 0 radical (unpaired) electrons. The molecule has 162 valence electrons. The fraction of sp³-hybridized carbons (Fsp3) is 0.478. The molecule has 0 spiro atoms. The molecule has 0 saturated carbocycles. The summed E-state index contributed by atoms with van der Waals surface area (Å²) in [5.74, 6) is 0.783. The molecular weight excluding hydrogens is 380 g/mol. The Morgan fingerprint density at radius 2 is 1.97 bits per heavy atom. The number of urea groups is 1. The van der Waals surface area contributed by atoms with Gasteiger partial charge in [0.15, 0.2) is 0 Å². The first-order chi connectivity index (χ1) is 14.7. The number of carbonyl (C=O) groups is 1. The summed E-state index contributed by atoms with van der Waals surface area (Å²) in [4.78, 5) is 18.9. The molecule has 0 atom stereocenters. The lowest BCUT2D eigenvalue weighted by molar-refractivity contribution is 0.153. The Balaban J connectivity index is 1.32. The molecule has 1 aliphatic heterocycles. The molecule has 30 heavy (non-hydrogen) atoms. The van der Waals surface area contributed by atoms with Crippen LogP contribution in [0, 0.1) is 0 Å². The summed E-state index contributed by atoms with van der Waals surface area (Å²) < 4.78 is 10.8. The highest BCUT2D eigenvalue weighted by Gasteiger charge is 2.20. The summed E-state index contributed by atoms with van der Waals surface area (Å²) in [7, 11) is 1.74. The number of carbonyl (C=O) groups excluding carboxylic acids is 1. The maximum Gasteiger partial charge on any atom is 0.315 e. The normalized spacial score (nSPS) is 15.0. The van der Waals surface area contributed by atoms with E-state index in [9.17, 15) is 4.79 Å². The summed E-state index contributed by atoms with van der Waals surface area (Å²) in [6.07, 6.45) is 4.79. The van der Waals surface area contributed by atoms with E-state index in [4.69, 9.17) is 9.47 Å². The molecule has 2 heterocycles. The van der Waals surface area contributed by atoms with Crippen molar-refractivity contribution in [2.45, 2.75) is 38.5 Å². The number of nitrogens with zero attached hydrogens (tertiary/aromatic N) is 2. The molecule has 1 fully saturated rings. The lowest BCUT2D eigenvalue weighted by Gasteiger charge is -2.32. The summed E-state index contributed by atoms with van der Waals surface area (Å²) in [6, 6.07) is 13.6. The van der Waals surface area contributed by atoms with Crippen molar-refractivity contribution in [2.24, 2.45) is 0 Å². The third-order valence-corrected chi connectivity index (χ3v) is 5.23. The lowest BCUT2D eigenvalue weighted by Crippen LogP contribution is -2.47. The standard InChI is InChI=1S/C23H32N4O3/c1-29-16-4-13-27-14-10-20(11-15-27)26-23(28)25-17-19-6-8-22(9-7-19)30-18-21-5-2-3-12-24-21/h2-3,5-9,12,20H,4,10-11,13-18H2,1H3,(H2,25,26,28). The number of nitrogens with one attached hydrogen (secondary N) is 2. The minimum Gasteiger partial charge on any atom is -0.487 e. The molecule has 2 N–H and O–H groups in total. The molecule has 1 aromatic carbocycles. The van der Waals surface area contributed by atoms with Crippen LogP contribution in [-0.4, -0.2) is 55.3 Å². The number of amides is 2. The van der Waals surface area contributed by atoms with E-state index in [0.29, 0.717) is 13.2 Å². The fourth-order valence-electron chi connectivity index (χ4n) is 3.50. The number of pyridine rings is 1. The first kappa shape index (κ1) is 22.1. The van der Waals surface area contributed by atoms with Crippen molar-refractivity contribution in [1.29, 1.82) is 0 Å². The molecule has 3 rings (SSSR count). The van der Waals surface area contributed by atoms with Gasteiger partial charge < -0.3 is 25.0 Å². The van der Waals surface area contributed by atoms with Crippen LogP contribution in [0.4, 0.5) is 4.79 Å². The fourth-order valence-corrected chi connectivity index (χ4v) is 3.50. The van der Waals surface area contributed by atoms with Crippen LogP contribution in [0.25, 0.3) is 0 Å². The molecule has 1 saturated heterocycles. The van der Waals surface area contributed by atoms with Crippen LogP contribution in [-0.2, 0) is 17.9 Å². The number of aromatic nitrogens is 1. The average Bonchev–Trinajstić information content (AvgIpc) is 2.79. The second-order valence-corrected chi connectivity index (χ2v) is 7.54. The summed E-state index contributed by atoms with van der Waals surface area (Å²) in [6.45, 7) is 4.84. The topological polar surface area (TPSA) is 75.7 Å². The predicted octanol–water partition coefficient (Wildman–Crippen LogP) is 2.96. The van der Waals surface area contributed by atoms with Crippen LogP contribution >= 0.6 is 0 Å². The van der Waals surface area contributed by atoms with Crippen LogP contribution in [0.3, 0.4) is 0 Å². The third-order valence-electron chi connectivity index (χ3n) is 5.23. The molecule has 2 aromatic rings. The number of methoxy groups -OCH3 is 1. The number of benzene rings is 1. The predicted molar refractivity (Wildman–Crippen MR) is 116 cm³/mol. The van der Waals surface area contributed by atoms with Crippen LogP contribution in [0.2, 0.25) is 0 Å². The van der Waals surface area contributed by atoms with E-state index in [0.717, 1.165) is 62.5 Å². The number of likely N-dealkylation sites (tertiary alicyclic amines) is 1. The van der Waals surface area contributed by atoms with Crippen LogP contribution < -0.4 is 15.4 Å². The molecule has 0 unspecified atom stereocenters. The van der Waals surface area contributed by atoms with Gasteiger partial charge in [-0.3, -0.25) is 4.98 Å². The lowest BCUT2D eigenvalue weighted by atomic mass is 10.1. The Kier molecular flexibility index (Phi) is 8.93. The van der Waals surface area contributed by atoms with Gasteiger partial charge in [0.25, 0.3) is 0 Å². The molecule has 0 aliphatic carbocycles. The Bertz CT molecular complexity index is 747. The Labute approximate surface area is 178 Å². The smallest absolute Gasteiger partial charge is 0.315 e. The monoisotopic (exact) mass is 412 g/mol. The molecule has 1 aliphatic rings. The first-order valence-corrected chi connectivity index (χ1v) is 10.6. The van der Waals surface area contributed by atoms with E-state index in [1.807, 2.05) is 42.5 Å². The molecule has 2 amide bonds. The maximum atomic E-state index is 12.2. The van der Waals surface area contributed by atoms with Crippen molar-refractivity contribution in [1.82, 2.24) is 20.5 Å². The van der Waals surface area contributed by atoms with E-state index < -0.39 is 0 Å². The van der Waals surface area contributed by atoms with Crippen molar-refractivity contribution in [2.75, 3.05) is 33.4 Å². The molecule has 1 aromatic heterocycles. The van der Waals surface area contributed by atoms with Crippen molar-refractivity contribution in [3.05, 3.63) is 59.9 Å². The average molecular weight is 413 g/mol. The SMILES string of the molecule is COCCCN1CCC(NC(=O)NCc2ccc(OCc3ccccn3)cc2)CC1. The summed E-state index contributed by atoms with van der Waals surface area (Å²) >= 11 is 0. The van der Waals surface area contributed by atoms with Gasteiger partial charge in [0.1, 0.15) is 12.4 Å². The van der Waals surface area contributed by atoms with Crippen LogP contribution in [0.5, 0.6) is 5.75 Å². The van der Waals surface area contributed by atoms with Gasteiger partial charge >= 0.3 is 6.03 Å². The zero-order valence-electron chi connectivity index (χ0n) is 17.7. The van der Waals surface area contributed by atoms with E-state index in [2.05, 4.69) is 20.5 Å². The van der Waals surface area contributed by atoms with E-state index in [1.54, 1.807) is 13.3 Å². The number of piperidine rings is 1. The van der Waals surface area contributed by atoms with Gasteiger partial charge in [-0.1, -0.05) is 18.2 Å². The minimum absolute atomic E-state index is 0.108. The summed E-state index contributed by atoms with van der Waals surface area (Å²) in [5, 5.41) is 6.04. The van der Waals surface area contributed by atoms with Gasteiger partial charge in [0, 0.05) is 52.1 Å². The largest absolute Gasteiger partial charge is 0.487 e. The number of hydrogen-bond donors (Lipinski definition) is 2. The zero-order chi connectivity index (χ0) is 21.0. The highest BCUT2D eigenvalue weighted by molar-refractivity contribution is 5.74. The molecule has 0 bridgehead atoms. The highest BCUT2D eigenvalue weighted by atomic mass is 16.5. The Hall–Kier alpha value is -2.64.